The van der Waals surface area contributed by atoms with E-state index in [1.54, 1.807) is 44.5 Å². The normalized spacial score (nSPS) is 18.9. The van der Waals surface area contributed by atoms with Crippen LogP contribution in [0.2, 0.25) is 0 Å². The van der Waals surface area contributed by atoms with Crippen LogP contribution < -0.4 is 16.0 Å². The van der Waals surface area contributed by atoms with Gasteiger partial charge in [-0.1, -0.05) is 12.1 Å². The van der Waals surface area contributed by atoms with E-state index < -0.39 is 23.6 Å². The van der Waals surface area contributed by atoms with Gasteiger partial charge in [-0.2, -0.15) is 0 Å². The summed E-state index contributed by atoms with van der Waals surface area (Å²) in [5.41, 5.74) is 2.82. The second-order valence-electron chi connectivity index (χ2n) is 8.77. The molecule has 0 spiro atoms. The standard InChI is InChI=1S/C26H29F2N5O4/c1-29-24(12-21-16-4-6-17(25(34)37-3)22(11-16)30-21)32-26(35)31-23-14-33(8-9-36-2)13-18(23)15-5-7-19(27)20(28)10-15/h4-7,10-12,18,23,29H,8-9,13-14H2,1-3H3,(H2,31,32,35)/b24-12+/t18-,23+/m0/s1. The number of fused-ring (bicyclic) bond motifs is 2. The van der Waals surface area contributed by atoms with Crippen molar-refractivity contribution in [3.63, 3.8) is 0 Å². The van der Waals surface area contributed by atoms with Gasteiger partial charge in [0.05, 0.1) is 36.7 Å². The third kappa shape index (κ3) is 5.95. The molecule has 0 radical (unpaired) electrons. The Hall–Kier alpha value is -3.83. The number of benzene rings is 2. The Morgan fingerprint density at radius 2 is 1.95 bits per heavy atom. The van der Waals surface area contributed by atoms with Crippen molar-refractivity contribution in [2.45, 2.75) is 12.0 Å². The van der Waals surface area contributed by atoms with Crippen LogP contribution in [0.25, 0.3) is 0 Å². The molecule has 0 aliphatic carbocycles. The van der Waals surface area contributed by atoms with Gasteiger partial charge < -0.3 is 20.1 Å². The number of nitrogens with zero attached hydrogens (tertiary/aromatic N) is 2. The van der Waals surface area contributed by atoms with Crippen LogP contribution in [0.15, 0.2) is 53.3 Å². The first kappa shape index (κ1) is 26.2. The number of nitrogens with one attached hydrogen (secondary N) is 3. The van der Waals surface area contributed by atoms with Crippen LogP contribution >= 0.6 is 0 Å². The SMILES string of the molecule is CN/C(=C\C1=Nc2cc1ccc2C(=O)OC)NC(=O)N[C@@H]1CN(CCOC)C[C@H]1c1ccc(F)c(F)c1. The molecular formula is C26H29F2N5O4. The summed E-state index contributed by atoms with van der Waals surface area (Å²) in [6.07, 6.45) is 1.66. The molecule has 2 bridgehead atoms. The molecule has 3 N–H and O–H groups in total. The maximum atomic E-state index is 13.9. The predicted octanol–water partition coefficient (Wildman–Crippen LogP) is 2.66. The molecule has 1 fully saturated rings. The van der Waals surface area contributed by atoms with Crippen LogP contribution in [0.3, 0.4) is 0 Å². The Labute approximate surface area is 213 Å². The van der Waals surface area contributed by atoms with Crippen molar-refractivity contribution in [2.75, 3.05) is 47.5 Å². The van der Waals surface area contributed by atoms with Gasteiger partial charge in [0.1, 0.15) is 5.82 Å². The van der Waals surface area contributed by atoms with E-state index in [0.29, 0.717) is 54.6 Å². The monoisotopic (exact) mass is 513 g/mol. The maximum absolute atomic E-state index is 13.9. The van der Waals surface area contributed by atoms with Crippen LogP contribution in [0.4, 0.5) is 19.3 Å². The lowest BCUT2D eigenvalue weighted by molar-refractivity contribution is 0.0601. The van der Waals surface area contributed by atoms with E-state index >= 15 is 0 Å². The molecule has 4 rings (SSSR count). The summed E-state index contributed by atoms with van der Waals surface area (Å²) in [4.78, 5) is 31.4. The fraction of sp³-hybridized carbons (Fsp3) is 0.346. The van der Waals surface area contributed by atoms with Gasteiger partial charge in [-0.05, 0) is 29.8 Å². The molecule has 2 aromatic rings. The number of aliphatic imine (C=N–C) groups is 1. The van der Waals surface area contributed by atoms with Gasteiger partial charge in [0.15, 0.2) is 11.6 Å². The number of halogens is 2. The molecule has 2 heterocycles. The Morgan fingerprint density at radius 3 is 2.65 bits per heavy atom. The zero-order chi connectivity index (χ0) is 26.5. The van der Waals surface area contributed by atoms with Crippen LogP contribution in [0, 0.1) is 11.6 Å². The number of hydrogen-bond acceptors (Lipinski definition) is 7. The zero-order valence-electron chi connectivity index (χ0n) is 20.8. The molecular weight excluding hydrogens is 484 g/mol. The van der Waals surface area contributed by atoms with Crippen molar-refractivity contribution >= 4 is 23.4 Å². The van der Waals surface area contributed by atoms with Gasteiger partial charge in [0.25, 0.3) is 0 Å². The Morgan fingerprint density at radius 1 is 1.14 bits per heavy atom. The molecule has 2 aliphatic heterocycles. The number of carbonyl (C=O) groups excluding carboxylic acids is 2. The summed E-state index contributed by atoms with van der Waals surface area (Å²) in [5, 5.41) is 8.68. The number of carbonyl (C=O) groups is 2. The van der Waals surface area contributed by atoms with Crippen LogP contribution in [0.1, 0.15) is 27.4 Å². The molecule has 1 saturated heterocycles. The molecule has 9 nitrogen and oxygen atoms in total. The molecule has 0 aromatic heterocycles. The third-order valence-corrected chi connectivity index (χ3v) is 6.43. The maximum Gasteiger partial charge on any atom is 0.340 e. The molecule has 0 unspecified atom stereocenters. The summed E-state index contributed by atoms with van der Waals surface area (Å²) in [7, 11) is 4.57. The number of urea groups is 1. The highest BCUT2D eigenvalue weighted by Gasteiger charge is 2.35. The first-order valence-corrected chi connectivity index (χ1v) is 11.8. The Kier molecular flexibility index (Phi) is 8.14. The highest BCUT2D eigenvalue weighted by atomic mass is 19.2. The minimum atomic E-state index is -0.923. The van der Waals surface area contributed by atoms with E-state index in [0.717, 1.165) is 11.6 Å². The van der Waals surface area contributed by atoms with Crippen molar-refractivity contribution in [1.82, 2.24) is 20.9 Å². The number of likely N-dealkylation sites (tertiary alicyclic amines) is 1. The molecule has 2 aliphatic rings. The van der Waals surface area contributed by atoms with E-state index in [1.165, 1.54) is 13.2 Å². The number of amides is 2. The van der Waals surface area contributed by atoms with Gasteiger partial charge in [0.2, 0.25) is 0 Å². The van der Waals surface area contributed by atoms with E-state index in [-0.39, 0.29) is 12.0 Å². The average Bonchev–Trinajstić information content (AvgIpc) is 3.43. The van der Waals surface area contributed by atoms with Gasteiger partial charge in [-0.3, -0.25) is 10.2 Å². The van der Waals surface area contributed by atoms with Crippen molar-refractivity contribution in [3.8, 4) is 0 Å². The first-order valence-electron chi connectivity index (χ1n) is 11.8. The third-order valence-electron chi connectivity index (χ3n) is 6.43. The molecule has 2 amide bonds. The Bertz CT molecular complexity index is 1250. The van der Waals surface area contributed by atoms with Crippen LogP contribution in [0.5, 0.6) is 0 Å². The van der Waals surface area contributed by atoms with Crippen molar-refractivity contribution in [2.24, 2.45) is 4.99 Å². The smallest absolute Gasteiger partial charge is 0.340 e. The van der Waals surface area contributed by atoms with Crippen molar-refractivity contribution < 1.29 is 27.8 Å². The van der Waals surface area contributed by atoms with Crippen LogP contribution in [-0.4, -0.2) is 76.2 Å². The topological polar surface area (TPSA) is 104 Å². The predicted molar refractivity (Wildman–Crippen MR) is 134 cm³/mol. The number of hydrogen-bond donors (Lipinski definition) is 3. The summed E-state index contributed by atoms with van der Waals surface area (Å²) < 4.78 is 37.4. The molecule has 0 saturated carbocycles. The highest BCUT2D eigenvalue weighted by molar-refractivity contribution is 6.15. The quantitative estimate of drug-likeness (QED) is 0.446. The summed E-state index contributed by atoms with van der Waals surface area (Å²) in [5.74, 6) is -2.17. The molecule has 2 atom stereocenters. The zero-order valence-corrected chi connectivity index (χ0v) is 20.8. The summed E-state index contributed by atoms with van der Waals surface area (Å²) in [6.45, 7) is 2.23. The van der Waals surface area contributed by atoms with Gasteiger partial charge in [-0.15, -0.1) is 0 Å². The second kappa shape index (κ2) is 11.5. The largest absolute Gasteiger partial charge is 0.465 e. The van der Waals surface area contributed by atoms with Crippen molar-refractivity contribution in [3.05, 3.63) is 76.6 Å². The van der Waals surface area contributed by atoms with Gasteiger partial charge >= 0.3 is 12.0 Å². The molecule has 196 valence electrons. The number of rotatable bonds is 9. The van der Waals surface area contributed by atoms with Crippen LogP contribution in [-0.2, 0) is 9.47 Å². The molecule has 37 heavy (non-hydrogen) atoms. The second-order valence-corrected chi connectivity index (χ2v) is 8.77. The van der Waals surface area contributed by atoms with E-state index in [9.17, 15) is 18.4 Å². The lowest BCUT2D eigenvalue weighted by Crippen LogP contribution is -2.46. The Balaban J connectivity index is 1.47. The number of ether oxygens (including phenoxy) is 2. The first-order chi connectivity index (χ1) is 17.8. The van der Waals surface area contributed by atoms with Gasteiger partial charge in [-0.25, -0.2) is 23.4 Å². The highest BCUT2D eigenvalue weighted by Crippen LogP contribution is 2.30. The van der Waals surface area contributed by atoms with Gasteiger partial charge in [0, 0.05) is 51.3 Å². The van der Waals surface area contributed by atoms with E-state index in [2.05, 4.69) is 25.8 Å². The lowest BCUT2D eigenvalue weighted by Gasteiger charge is -2.21. The minimum absolute atomic E-state index is 0.239. The molecule has 11 heteroatoms. The average molecular weight is 514 g/mol. The lowest BCUT2D eigenvalue weighted by atomic mass is 9.94. The van der Waals surface area contributed by atoms with Crippen molar-refractivity contribution in [1.29, 1.82) is 0 Å². The number of allylic oxidation sites excluding steroid dienone is 1. The van der Waals surface area contributed by atoms with E-state index in [4.69, 9.17) is 9.47 Å². The molecule has 2 aromatic carbocycles. The fourth-order valence-electron chi connectivity index (χ4n) is 4.53. The number of esters is 1. The summed E-state index contributed by atoms with van der Waals surface area (Å²) >= 11 is 0. The minimum Gasteiger partial charge on any atom is -0.465 e. The number of methoxy groups -OCH3 is 2. The van der Waals surface area contributed by atoms with E-state index in [1.807, 2.05) is 0 Å². The fourth-order valence-corrected chi connectivity index (χ4v) is 4.53. The summed E-state index contributed by atoms with van der Waals surface area (Å²) in [6, 6.07) is 8.19.